The van der Waals surface area contributed by atoms with Gasteiger partial charge in [0.15, 0.2) is 0 Å². The lowest BCUT2D eigenvalue weighted by Gasteiger charge is -1.98. The average Bonchev–Trinajstić information content (AvgIpc) is 1.86. The third kappa shape index (κ3) is 2.14. The zero-order valence-electron chi connectivity index (χ0n) is 6.26. The third-order valence-corrected chi connectivity index (χ3v) is 0.365. The van der Waals surface area contributed by atoms with Crippen LogP contribution in [-0.4, -0.2) is 29.4 Å². The summed E-state index contributed by atoms with van der Waals surface area (Å²) in [6.45, 7) is -1.45. The molecule has 0 radical (unpaired) electrons. The summed E-state index contributed by atoms with van der Waals surface area (Å²) in [4.78, 5) is 0. The van der Waals surface area contributed by atoms with Gasteiger partial charge in [-0.05, 0) is 0 Å². The van der Waals surface area contributed by atoms with E-state index < -0.39 is 19.2 Å². The maximum Gasteiger partial charge on any atom is 0.119 e. The van der Waals surface area contributed by atoms with E-state index in [0.29, 0.717) is 0 Å². The Morgan fingerprint density at radius 2 is 2.33 bits per heavy atom. The molecule has 4 N–H and O–H groups in total. The maximum absolute atomic E-state index is 8.33. The number of aliphatic hydroxyl groups excluding tert-OH is 2. The van der Waals surface area contributed by atoms with Crippen LogP contribution in [0.4, 0.5) is 0 Å². The highest BCUT2D eigenvalue weighted by Gasteiger charge is 1.91. The Morgan fingerprint density at radius 1 is 1.83 bits per heavy atom. The summed E-state index contributed by atoms with van der Waals surface area (Å²) < 4.78 is 20.0. The normalized spacial score (nSPS) is 19.5. The molecule has 0 bridgehead atoms. The van der Waals surface area contributed by atoms with Gasteiger partial charge in [0.25, 0.3) is 0 Å². The molecule has 6 heavy (non-hydrogen) atoms. The topological polar surface area (TPSA) is 66.5 Å². The van der Waals surface area contributed by atoms with Gasteiger partial charge in [0.1, 0.15) is 2.82 Å². The van der Waals surface area contributed by atoms with E-state index in [0.717, 1.165) is 0 Å². The van der Waals surface area contributed by atoms with E-state index in [-0.39, 0.29) is 5.72 Å². The fraction of sp³-hybridized carbons (Fsp3) is 1.00. The second-order valence-electron chi connectivity index (χ2n) is 0.882. The molecule has 0 rings (SSSR count). The van der Waals surface area contributed by atoms with Gasteiger partial charge in [0.2, 0.25) is 0 Å². The number of hydrogen-bond donors (Lipinski definition) is 3. The van der Waals surface area contributed by atoms with Crippen molar-refractivity contribution in [2.24, 2.45) is 5.72 Å². The molecule has 3 heteroatoms. The van der Waals surface area contributed by atoms with Gasteiger partial charge in [0.05, 0.1) is 20.6 Å². The van der Waals surface area contributed by atoms with Crippen LogP contribution < -0.4 is 5.72 Å². The van der Waals surface area contributed by atoms with Crippen molar-refractivity contribution in [1.29, 1.82) is 0 Å². The highest BCUT2D eigenvalue weighted by atomic mass is 16.3. The van der Waals surface area contributed by atoms with E-state index in [2.05, 4.69) is 0 Å². The summed E-state index contributed by atoms with van der Waals surface area (Å²) in [6.07, 6.45) is 0. The molecule has 0 aromatic rings. The van der Waals surface area contributed by atoms with E-state index in [1.807, 2.05) is 0 Å². The second kappa shape index (κ2) is 3.08. The molecule has 0 heterocycles. The first-order chi connectivity index (χ1) is 4.06. The second-order valence-corrected chi connectivity index (χ2v) is 0.882. The standard InChI is InChI=1S/C3H9NO2/c4-3(1-5)2-6/h3,5-6H,1-2,4H2/i3D/hD2. The number of nitrogens with two attached hydrogens (primary N) is 1. The zero-order chi connectivity index (χ0) is 7.49. The minimum Gasteiger partial charge on any atom is -0.395 e. The number of aliphatic hydroxyl groups is 2. The molecule has 0 atom stereocenters. The summed E-state index contributed by atoms with van der Waals surface area (Å²) in [7, 11) is 0. The molecule has 3 nitrogen and oxygen atoms in total. The number of hydrogen-bond acceptors (Lipinski definition) is 3. The molecule has 0 saturated carbocycles. The third-order valence-electron chi connectivity index (χ3n) is 0.365. The first kappa shape index (κ1) is 2.26. The fourth-order valence-electron chi connectivity index (χ4n) is 0.0500. The Bertz CT molecular complexity index is 85.1. The molecule has 0 aromatic carbocycles. The van der Waals surface area contributed by atoms with E-state index in [1.54, 1.807) is 0 Å². The SMILES string of the molecule is [2H]N([2H])C([2H])(CO)CO. The summed E-state index contributed by atoms with van der Waals surface area (Å²) in [5, 5.41) is 16.7. The minimum absolute atomic E-state index is 0.0347. The van der Waals surface area contributed by atoms with Gasteiger partial charge < -0.3 is 15.9 Å². The molecule has 0 fully saturated rings. The highest BCUT2D eigenvalue weighted by Crippen LogP contribution is 1.66. The zero-order valence-corrected chi connectivity index (χ0v) is 3.26. The van der Waals surface area contributed by atoms with Crippen LogP contribution >= 0.6 is 0 Å². The summed E-state index contributed by atoms with van der Waals surface area (Å²) in [5.41, 5.74) is -0.0347. The van der Waals surface area contributed by atoms with Crippen LogP contribution in [0.2, 0.25) is 2.82 Å². The van der Waals surface area contributed by atoms with Gasteiger partial charge in [-0.2, -0.15) is 0 Å². The van der Waals surface area contributed by atoms with Gasteiger partial charge in [-0.25, -0.2) is 0 Å². The van der Waals surface area contributed by atoms with Crippen molar-refractivity contribution in [3.05, 3.63) is 0 Å². The molecule has 38 valence electrons. The van der Waals surface area contributed by atoms with Crippen molar-refractivity contribution < 1.29 is 14.4 Å². The molecule has 0 aliphatic rings. The van der Waals surface area contributed by atoms with Gasteiger partial charge in [-0.1, -0.05) is 0 Å². The molecular formula is C3H9NO2. The van der Waals surface area contributed by atoms with Crippen LogP contribution in [0.15, 0.2) is 0 Å². The molecule has 0 unspecified atom stereocenters. The lowest BCUT2D eigenvalue weighted by atomic mass is 10.4. The largest absolute Gasteiger partial charge is 0.395 e. The molecule has 0 aliphatic carbocycles. The fourth-order valence-corrected chi connectivity index (χ4v) is 0.0500. The molecule has 0 aromatic heterocycles. The van der Waals surface area contributed by atoms with Gasteiger partial charge >= 0.3 is 0 Å². The van der Waals surface area contributed by atoms with Crippen molar-refractivity contribution in [2.75, 3.05) is 13.2 Å². The Balaban J connectivity index is 3.92. The summed E-state index contributed by atoms with van der Waals surface area (Å²) in [5.74, 6) is 0. The van der Waals surface area contributed by atoms with Crippen molar-refractivity contribution in [2.45, 2.75) is 6.02 Å². The van der Waals surface area contributed by atoms with Crippen LogP contribution in [0.25, 0.3) is 0 Å². The van der Waals surface area contributed by atoms with Crippen LogP contribution in [0, 0.1) is 0 Å². The predicted octanol–water partition coefficient (Wildman–Crippen LogP) is -1.70. The molecular weight excluding hydrogens is 82.0 g/mol. The van der Waals surface area contributed by atoms with Gasteiger partial charge in [-0.15, -0.1) is 0 Å². The van der Waals surface area contributed by atoms with E-state index in [9.17, 15) is 0 Å². The van der Waals surface area contributed by atoms with Crippen molar-refractivity contribution >= 4 is 0 Å². The Kier molecular flexibility index (Phi) is 1.16. The Morgan fingerprint density at radius 3 is 2.33 bits per heavy atom. The molecule has 0 saturated heterocycles. The van der Waals surface area contributed by atoms with E-state index in [1.165, 1.54) is 0 Å². The van der Waals surface area contributed by atoms with Gasteiger partial charge in [-0.3, -0.25) is 0 Å². The van der Waals surface area contributed by atoms with Crippen LogP contribution in [0.3, 0.4) is 0 Å². The molecule has 0 spiro atoms. The summed E-state index contributed by atoms with van der Waals surface area (Å²) >= 11 is 0. The lowest BCUT2D eigenvalue weighted by molar-refractivity contribution is 0.194. The maximum atomic E-state index is 8.33. The van der Waals surface area contributed by atoms with Crippen molar-refractivity contribution in [3.8, 4) is 0 Å². The smallest absolute Gasteiger partial charge is 0.119 e. The highest BCUT2D eigenvalue weighted by molar-refractivity contribution is 4.52. The Labute approximate surface area is 40.7 Å². The molecule has 0 amide bonds. The lowest BCUT2D eigenvalue weighted by Crippen LogP contribution is -2.27. The monoisotopic (exact) mass is 94.1 g/mol. The number of rotatable bonds is 3. The first-order valence-corrected chi connectivity index (χ1v) is 1.56. The summed E-state index contributed by atoms with van der Waals surface area (Å²) in [6, 6.07) is -1.89. The quantitative estimate of drug-likeness (QED) is 0.390. The van der Waals surface area contributed by atoms with Crippen LogP contribution in [0.1, 0.15) is 1.37 Å². The Hall–Kier alpha value is -0.120. The molecule has 0 aliphatic heterocycles. The van der Waals surface area contributed by atoms with Crippen molar-refractivity contribution in [1.82, 2.24) is 0 Å². The van der Waals surface area contributed by atoms with E-state index in [4.69, 9.17) is 14.4 Å². The van der Waals surface area contributed by atoms with Gasteiger partial charge in [0, 0.05) is 0 Å². The average molecular weight is 94.1 g/mol. The van der Waals surface area contributed by atoms with E-state index >= 15 is 0 Å². The van der Waals surface area contributed by atoms with Crippen molar-refractivity contribution in [3.63, 3.8) is 0 Å². The van der Waals surface area contributed by atoms with Crippen LogP contribution in [-0.2, 0) is 0 Å². The first-order valence-electron chi connectivity index (χ1n) is 2.96. The minimum atomic E-state index is -1.89. The predicted molar refractivity (Wildman–Crippen MR) is 22.1 cm³/mol. The van der Waals surface area contributed by atoms with Crippen LogP contribution in [0.5, 0.6) is 0 Å².